The largest absolute Gasteiger partial charge is 0.396 e. The molecule has 3 rings (SSSR count). The van der Waals surface area contributed by atoms with Crippen LogP contribution in [0.1, 0.15) is 49.0 Å². The van der Waals surface area contributed by atoms with Gasteiger partial charge in [-0.05, 0) is 61.1 Å². The molecular weight excluding hydrogens is 256 g/mol. The van der Waals surface area contributed by atoms with Gasteiger partial charge < -0.3 is 9.84 Å². The fraction of sp³-hybridized carbons (Fsp3) is 0.625. The van der Waals surface area contributed by atoms with Gasteiger partial charge in [-0.25, -0.2) is 0 Å². The van der Waals surface area contributed by atoms with Crippen LogP contribution in [0.3, 0.4) is 0 Å². The van der Waals surface area contributed by atoms with Crippen LogP contribution in [0, 0.1) is 0 Å². The molecule has 1 aliphatic heterocycles. The highest BCUT2D eigenvalue weighted by Gasteiger charge is 2.41. The number of rotatable bonds is 4. The second-order valence-corrected chi connectivity index (χ2v) is 6.53. The maximum absolute atomic E-state index is 9.07. The summed E-state index contributed by atoms with van der Waals surface area (Å²) in [5, 5.41) is 11.3. The summed E-state index contributed by atoms with van der Waals surface area (Å²) in [6, 6.07) is 2.25. The van der Waals surface area contributed by atoms with Gasteiger partial charge in [0.15, 0.2) is 0 Å². The standard InChI is InChI=1S/C16H22O2S/c17-9-7-15-11-14(12-19-15)16(8-4-10-18-16)13-5-2-1-3-6-13/h5,11-12,17H,1-4,6-10H2. The van der Waals surface area contributed by atoms with Crippen molar-refractivity contribution in [1.29, 1.82) is 0 Å². The predicted molar refractivity (Wildman–Crippen MR) is 78.5 cm³/mol. The number of hydrogen-bond donors (Lipinski definition) is 1. The molecule has 1 fully saturated rings. The van der Waals surface area contributed by atoms with Crippen LogP contribution in [-0.4, -0.2) is 18.3 Å². The third kappa shape index (κ3) is 2.51. The molecule has 0 amide bonds. The lowest BCUT2D eigenvalue weighted by Crippen LogP contribution is -2.28. The maximum Gasteiger partial charge on any atom is 0.115 e. The summed E-state index contributed by atoms with van der Waals surface area (Å²) in [6.07, 6.45) is 10.5. The molecule has 104 valence electrons. The molecule has 0 radical (unpaired) electrons. The lowest BCUT2D eigenvalue weighted by Gasteiger charge is -2.33. The van der Waals surface area contributed by atoms with Crippen molar-refractivity contribution in [2.24, 2.45) is 0 Å². The number of thiophene rings is 1. The van der Waals surface area contributed by atoms with Crippen LogP contribution in [-0.2, 0) is 16.8 Å². The van der Waals surface area contributed by atoms with Crippen molar-refractivity contribution in [3.63, 3.8) is 0 Å². The molecule has 0 bridgehead atoms. The molecule has 19 heavy (non-hydrogen) atoms. The van der Waals surface area contributed by atoms with E-state index in [9.17, 15) is 0 Å². The molecule has 1 aromatic heterocycles. The van der Waals surface area contributed by atoms with E-state index >= 15 is 0 Å². The van der Waals surface area contributed by atoms with E-state index < -0.39 is 0 Å². The normalized spacial score (nSPS) is 27.5. The fourth-order valence-corrected chi connectivity index (χ4v) is 4.29. The monoisotopic (exact) mass is 278 g/mol. The van der Waals surface area contributed by atoms with Crippen LogP contribution < -0.4 is 0 Å². The van der Waals surface area contributed by atoms with Crippen LogP contribution in [0.15, 0.2) is 23.1 Å². The molecule has 2 nitrogen and oxygen atoms in total. The molecule has 2 heterocycles. The van der Waals surface area contributed by atoms with Gasteiger partial charge in [0.2, 0.25) is 0 Å². The first-order chi connectivity index (χ1) is 9.35. The molecule has 2 aliphatic rings. The average molecular weight is 278 g/mol. The maximum atomic E-state index is 9.07. The Hall–Kier alpha value is -0.640. The van der Waals surface area contributed by atoms with Crippen LogP contribution >= 0.6 is 11.3 Å². The molecule has 1 aromatic rings. The molecular formula is C16H22O2S. The zero-order valence-corrected chi connectivity index (χ0v) is 12.2. The van der Waals surface area contributed by atoms with Gasteiger partial charge in [-0.2, -0.15) is 0 Å². The van der Waals surface area contributed by atoms with E-state index in [0.717, 1.165) is 25.9 Å². The minimum absolute atomic E-state index is 0.134. The first-order valence-corrected chi connectivity index (χ1v) is 8.25. The Morgan fingerprint density at radius 1 is 1.32 bits per heavy atom. The molecule has 0 aromatic carbocycles. The molecule has 1 N–H and O–H groups in total. The van der Waals surface area contributed by atoms with Crippen molar-refractivity contribution >= 4 is 11.3 Å². The topological polar surface area (TPSA) is 29.5 Å². The molecule has 1 unspecified atom stereocenters. The number of allylic oxidation sites excluding steroid dienone is 1. The van der Waals surface area contributed by atoms with E-state index in [1.165, 1.54) is 41.7 Å². The smallest absolute Gasteiger partial charge is 0.115 e. The Balaban J connectivity index is 1.92. The summed E-state index contributed by atoms with van der Waals surface area (Å²) in [5.41, 5.74) is 2.70. The number of ether oxygens (including phenoxy) is 1. The van der Waals surface area contributed by atoms with E-state index in [1.54, 1.807) is 11.3 Å². The third-order valence-electron chi connectivity index (χ3n) is 4.31. The number of aliphatic hydroxyl groups excluding tert-OH is 1. The quantitative estimate of drug-likeness (QED) is 0.849. The molecule has 0 spiro atoms. The highest BCUT2D eigenvalue weighted by molar-refractivity contribution is 7.10. The van der Waals surface area contributed by atoms with Crippen molar-refractivity contribution in [3.8, 4) is 0 Å². The molecule has 0 saturated carbocycles. The van der Waals surface area contributed by atoms with Crippen LogP contribution in [0.2, 0.25) is 0 Å². The molecule has 1 aliphatic carbocycles. The van der Waals surface area contributed by atoms with E-state index in [-0.39, 0.29) is 12.2 Å². The van der Waals surface area contributed by atoms with Gasteiger partial charge in [0.05, 0.1) is 0 Å². The van der Waals surface area contributed by atoms with Gasteiger partial charge in [-0.3, -0.25) is 0 Å². The van der Waals surface area contributed by atoms with Crippen LogP contribution in [0.5, 0.6) is 0 Å². The third-order valence-corrected chi connectivity index (χ3v) is 5.31. The van der Waals surface area contributed by atoms with E-state index in [2.05, 4.69) is 17.5 Å². The van der Waals surface area contributed by atoms with E-state index in [0.29, 0.717) is 0 Å². The van der Waals surface area contributed by atoms with Gasteiger partial charge in [0.1, 0.15) is 5.60 Å². The Morgan fingerprint density at radius 2 is 2.26 bits per heavy atom. The molecule has 3 heteroatoms. The van der Waals surface area contributed by atoms with Gasteiger partial charge >= 0.3 is 0 Å². The Labute approximate surface area is 119 Å². The highest BCUT2D eigenvalue weighted by Crippen LogP contribution is 2.46. The SMILES string of the molecule is OCCc1cc(C2(C3=CCCCC3)CCCO2)cs1. The van der Waals surface area contributed by atoms with Gasteiger partial charge in [0, 0.05) is 24.5 Å². The summed E-state index contributed by atoms with van der Waals surface area (Å²) in [7, 11) is 0. The summed E-state index contributed by atoms with van der Waals surface area (Å²) in [4.78, 5) is 1.27. The van der Waals surface area contributed by atoms with E-state index in [4.69, 9.17) is 9.84 Å². The van der Waals surface area contributed by atoms with Crippen molar-refractivity contribution < 1.29 is 9.84 Å². The number of hydrogen-bond acceptors (Lipinski definition) is 3. The summed E-state index contributed by atoms with van der Waals surface area (Å²) in [5.74, 6) is 0. The van der Waals surface area contributed by atoms with Crippen LogP contribution in [0.4, 0.5) is 0 Å². The van der Waals surface area contributed by atoms with Gasteiger partial charge in [-0.15, -0.1) is 11.3 Å². The van der Waals surface area contributed by atoms with Crippen molar-refractivity contribution in [3.05, 3.63) is 33.5 Å². The minimum atomic E-state index is -0.134. The fourth-order valence-electron chi connectivity index (χ4n) is 3.34. The van der Waals surface area contributed by atoms with Crippen molar-refractivity contribution in [1.82, 2.24) is 0 Å². The summed E-state index contributed by atoms with van der Waals surface area (Å²) in [6.45, 7) is 1.11. The van der Waals surface area contributed by atoms with Crippen molar-refractivity contribution in [2.45, 2.75) is 50.5 Å². The first-order valence-electron chi connectivity index (χ1n) is 7.37. The average Bonchev–Trinajstić information content (AvgIpc) is 3.09. The second-order valence-electron chi connectivity index (χ2n) is 5.53. The van der Waals surface area contributed by atoms with E-state index in [1.807, 2.05) is 0 Å². The predicted octanol–water partition coefficient (Wildman–Crippen LogP) is 3.79. The van der Waals surface area contributed by atoms with Gasteiger partial charge in [0.25, 0.3) is 0 Å². The number of aliphatic hydroxyl groups is 1. The van der Waals surface area contributed by atoms with Gasteiger partial charge in [-0.1, -0.05) is 6.08 Å². The lowest BCUT2D eigenvalue weighted by molar-refractivity contribution is 0.0285. The van der Waals surface area contributed by atoms with Crippen molar-refractivity contribution in [2.75, 3.05) is 13.2 Å². The van der Waals surface area contributed by atoms with Crippen LogP contribution in [0.25, 0.3) is 0 Å². The first kappa shape index (κ1) is 13.3. The zero-order valence-electron chi connectivity index (χ0n) is 11.4. The summed E-state index contributed by atoms with van der Waals surface area (Å²) < 4.78 is 6.23. The molecule has 1 atom stereocenters. The second kappa shape index (κ2) is 5.78. The Kier molecular flexibility index (Phi) is 4.06. The molecule has 1 saturated heterocycles. The lowest BCUT2D eigenvalue weighted by atomic mass is 9.79. The minimum Gasteiger partial charge on any atom is -0.396 e. The highest BCUT2D eigenvalue weighted by atomic mass is 32.1. The zero-order chi connectivity index (χ0) is 13.1. The summed E-state index contributed by atoms with van der Waals surface area (Å²) >= 11 is 1.76. The Bertz CT molecular complexity index is 455. The Morgan fingerprint density at radius 3 is 2.95 bits per heavy atom.